The second-order valence-electron chi connectivity index (χ2n) is 10.9. The average Bonchev–Trinajstić information content (AvgIpc) is 3.70. The third-order valence-electron chi connectivity index (χ3n) is 7.91. The Balaban J connectivity index is 1.28. The number of thiophene rings is 1. The minimum Gasteiger partial charge on any atom is -0.493 e. The Morgan fingerprint density at radius 3 is 2.30 bits per heavy atom. The molecule has 0 aliphatic carbocycles. The number of benzene rings is 4. The molecule has 6 heteroatoms. The predicted molar refractivity (Wildman–Crippen MR) is 176 cm³/mol. The van der Waals surface area contributed by atoms with Crippen LogP contribution < -0.4 is 18.9 Å². The Morgan fingerprint density at radius 1 is 0.744 bits per heavy atom. The van der Waals surface area contributed by atoms with Crippen LogP contribution in [0.2, 0.25) is 0 Å². The number of fused-ring (bicyclic) bond motifs is 1. The smallest absolute Gasteiger partial charge is 0.161 e. The largest absolute Gasteiger partial charge is 0.493 e. The van der Waals surface area contributed by atoms with Gasteiger partial charge in [-0.05, 0) is 122 Å². The summed E-state index contributed by atoms with van der Waals surface area (Å²) in [7, 11) is 1.69. The Labute approximate surface area is 258 Å². The quantitative estimate of drug-likeness (QED) is 0.137. The van der Waals surface area contributed by atoms with Crippen molar-refractivity contribution < 1.29 is 18.9 Å². The van der Waals surface area contributed by atoms with Crippen molar-refractivity contribution in [3.05, 3.63) is 108 Å². The highest BCUT2D eigenvalue weighted by Gasteiger charge is 2.17. The molecule has 1 fully saturated rings. The van der Waals surface area contributed by atoms with E-state index in [1.807, 2.05) is 42.5 Å². The average molecular weight is 594 g/mol. The maximum absolute atomic E-state index is 6.19. The summed E-state index contributed by atoms with van der Waals surface area (Å²) in [6, 6.07) is 31.5. The van der Waals surface area contributed by atoms with E-state index in [-0.39, 0.29) is 0 Å². The van der Waals surface area contributed by atoms with Crippen molar-refractivity contribution in [2.75, 3.05) is 40.0 Å². The van der Waals surface area contributed by atoms with Crippen LogP contribution >= 0.6 is 11.3 Å². The molecule has 0 saturated carbocycles. The predicted octanol–water partition coefficient (Wildman–Crippen LogP) is 8.62. The second kappa shape index (κ2) is 14.0. The van der Waals surface area contributed by atoms with Crippen LogP contribution in [0, 0.1) is 0 Å². The summed E-state index contributed by atoms with van der Waals surface area (Å²) in [6.07, 6.45) is 3.38. The number of hydrogen-bond donors (Lipinski definition) is 0. The third kappa shape index (κ3) is 7.15. The fourth-order valence-electron chi connectivity index (χ4n) is 5.67. The molecule has 0 radical (unpaired) electrons. The van der Waals surface area contributed by atoms with E-state index in [0.717, 1.165) is 48.1 Å². The van der Waals surface area contributed by atoms with Gasteiger partial charge in [0, 0.05) is 16.1 Å². The summed E-state index contributed by atoms with van der Waals surface area (Å²) in [5.41, 5.74) is 4.81. The number of rotatable bonds is 13. The van der Waals surface area contributed by atoms with E-state index in [9.17, 15) is 0 Å². The first kappa shape index (κ1) is 29.1. The van der Waals surface area contributed by atoms with Gasteiger partial charge >= 0.3 is 0 Å². The van der Waals surface area contributed by atoms with Gasteiger partial charge in [-0.1, -0.05) is 36.4 Å². The van der Waals surface area contributed by atoms with Gasteiger partial charge in [0.1, 0.15) is 24.7 Å². The number of methoxy groups -OCH3 is 1. The summed E-state index contributed by atoms with van der Waals surface area (Å²) in [6.45, 7) is 7.22. The van der Waals surface area contributed by atoms with Crippen molar-refractivity contribution in [2.24, 2.45) is 0 Å². The van der Waals surface area contributed by atoms with Crippen LogP contribution in [0.1, 0.15) is 36.5 Å². The molecular formula is C37H39NO4S. The molecule has 0 unspecified atom stereocenters. The minimum atomic E-state index is 0.544. The molecule has 2 heterocycles. The summed E-state index contributed by atoms with van der Waals surface area (Å²) >= 11 is 1.81. The Kier molecular flexibility index (Phi) is 9.46. The van der Waals surface area contributed by atoms with Gasteiger partial charge in [-0.15, -0.1) is 11.3 Å². The SMILES string of the molecule is CCOc1ccc(Cc2c(-c3ccc(OCCN4CCCC4)cc3)sc3cc(OCc4ccccc4)ccc23)cc1OC. The van der Waals surface area contributed by atoms with Gasteiger partial charge in [-0.25, -0.2) is 0 Å². The Morgan fingerprint density at radius 2 is 1.53 bits per heavy atom. The lowest BCUT2D eigenvalue weighted by Crippen LogP contribution is -2.25. The van der Waals surface area contributed by atoms with Crippen molar-refractivity contribution >= 4 is 21.4 Å². The van der Waals surface area contributed by atoms with E-state index in [4.69, 9.17) is 18.9 Å². The Bertz CT molecular complexity index is 1620. The number of hydrogen-bond acceptors (Lipinski definition) is 6. The Hall–Kier alpha value is -4.00. The maximum Gasteiger partial charge on any atom is 0.161 e. The molecule has 0 amide bonds. The second-order valence-corrected chi connectivity index (χ2v) is 11.9. The van der Waals surface area contributed by atoms with E-state index in [2.05, 4.69) is 71.6 Å². The van der Waals surface area contributed by atoms with Gasteiger partial charge in [0.05, 0.1) is 13.7 Å². The molecule has 0 bridgehead atoms. The molecule has 1 aliphatic rings. The highest BCUT2D eigenvalue weighted by atomic mass is 32.1. The van der Waals surface area contributed by atoms with E-state index in [1.54, 1.807) is 7.11 Å². The maximum atomic E-state index is 6.19. The molecular weight excluding hydrogens is 554 g/mol. The first-order valence-electron chi connectivity index (χ1n) is 15.2. The van der Waals surface area contributed by atoms with Crippen LogP contribution in [0.3, 0.4) is 0 Å². The molecule has 1 aromatic heterocycles. The van der Waals surface area contributed by atoms with Gasteiger partial charge in [-0.2, -0.15) is 0 Å². The van der Waals surface area contributed by atoms with Crippen molar-refractivity contribution in [3.8, 4) is 33.4 Å². The molecule has 6 rings (SSSR count). The zero-order valence-corrected chi connectivity index (χ0v) is 25.8. The molecule has 5 nitrogen and oxygen atoms in total. The summed E-state index contributed by atoms with van der Waals surface area (Å²) in [5.74, 6) is 3.32. The first-order valence-corrected chi connectivity index (χ1v) is 16.0. The lowest BCUT2D eigenvalue weighted by atomic mass is 9.98. The van der Waals surface area contributed by atoms with Crippen LogP contribution in [0.15, 0.2) is 91.0 Å². The van der Waals surface area contributed by atoms with E-state index >= 15 is 0 Å². The zero-order chi connectivity index (χ0) is 29.4. The van der Waals surface area contributed by atoms with Crippen molar-refractivity contribution in [3.63, 3.8) is 0 Å². The summed E-state index contributed by atoms with van der Waals surface area (Å²) < 4.78 is 24.9. The first-order chi connectivity index (χ1) is 21.2. The van der Waals surface area contributed by atoms with Crippen molar-refractivity contribution in [1.29, 1.82) is 0 Å². The highest BCUT2D eigenvalue weighted by molar-refractivity contribution is 7.22. The van der Waals surface area contributed by atoms with Crippen molar-refractivity contribution in [2.45, 2.75) is 32.8 Å². The van der Waals surface area contributed by atoms with Gasteiger partial charge in [0.15, 0.2) is 11.5 Å². The molecule has 0 spiro atoms. The molecule has 0 atom stereocenters. The standard InChI is InChI=1S/C37H39NO4S/c1-3-40-34-18-11-28(24-35(34)39-2)23-33-32-17-16-31(42-26-27-9-5-4-6-10-27)25-36(32)43-37(33)29-12-14-30(15-13-29)41-22-21-38-19-7-8-20-38/h4-6,9-18,24-25H,3,7-8,19-23,26H2,1-2H3. The molecule has 1 saturated heterocycles. The minimum absolute atomic E-state index is 0.544. The lowest BCUT2D eigenvalue weighted by Gasteiger charge is -2.15. The molecule has 5 aromatic rings. The van der Waals surface area contributed by atoms with Crippen LogP contribution in [-0.2, 0) is 13.0 Å². The summed E-state index contributed by atoms with van der Waals surface area (Å²) in [5, 5.41) is 1.24. The molecule has 0 N–H and O–H groups in total. The van der Waals surface area contributed by atoms with Gasteiger partial charge in [0.25, 0.3) is 0 Å². The zero-order valence-electron chi connectivity index (χ0n) is 25.0. The monoisotopic (exact) mass is 593 g/mol. The van der Waals surface area contributed by atoms with Gasteiger partial charge in [0.2, 0.25) is 0 Å². The number of nitrogens with zero attached hydrogens (tertiary/aromatic N) is 1. The molecule has 4 aromatic carbocycles. The van der Waals surface area contributed by atoms with Crippen LogP contribution in [0.4, 0.5) is 0 Å². The van der Waals surface area contributed by atoms with E-state index in [0.29, 0.717) is 13.2 Å². The van der Waals surface area contributed by atoms with Crippen LogP contribution in [0.5, 0.6) is 23.0 Å². The molecule has 222 valence electrons. The van der Waals surface area contributed by atoms with Crippen LogP contribution in [0.25, 0.3) is 20.5 Å². The number of ether oxygens (including phenoxy) is 4. The highest BCUT2D eigenvalue weighted by Crippen LogP contribution is 2.42. The van der Waals surface area contributed by atoms with E-state index < -0.39 is 0 Å². The third-order valence-corrected chi connectivity index (χ3v) is 9.16. The van der Waals surface area contributed by atoms with Gasteiger partial charge in [-0.3, -0.25) is 4.90 Å². The van der Waals surface area contributed by atoms with Gasteiger partial charge < -0.3 is 18.9 Å². The fourth-order valence-corrected chi connectivity index (χ4v) is 6.93. The molecule has 1 aliphatic heterocycles. The van der Waals surface area contributed by atoms with Crippen LogP contribution in [-0.4, -0.2) is 44.9 Å². The van der Waals surface area contributed by atoms with Crippen molar-refractivity contribution in [1.82, 2.24) is 4.90 Å². The molecule has 43 heavy (non-hydrogen) atoms. The number of likely N-dealkylation sites (tertiary alicyclic amines) is 1. The lowest BCUT2D eigenvalue weighted by molar-refractivity contribution is 0.238. The normalized spacial score (nSPS) is 13.3. The topological polar surface area (TPSA) is 40.2 Å². The summed E-state index contributed by atoms with van der Waals surface area (Å²) in [4.78, 5) is 3.73. The van der Waals surface area contributed by atoms with E-state index in [1.165, 1.54) is 57.6 Å². The fraction of sp³-hybridized carbons (Fsp3) is 0.297.